The second-order valence-electron chi connectivity index (χ2n) is 7.15. The maximum Gasteiger partial charge on any atom is 0.255 e. The third-order valence-corrected chi connectivity index (χ3v) is 8.06. The van der Waals surface area contributed by atoms with Gasteiger partial charge in [0.15, 0.2) is 0 Å². The number of pyridine rings is 1. The lowest BCUT2D eigenvalue weighted by Crippen LogP contribution is -2.48. The number of hydrogen-bond donors (Lipinski definition) is 0. The first kappa shape index (κ1) is 22.9. The van der Waals surface area contributed by atoms with Crippen molar-refractivity contribution in [3.05, 3.63) is 58.3 Å². The molecule has 0 aliphatic carbocycles. The van der Waals surface area contributed by atoms with Crippen LogP contribution in [0.1, 0.15) is 29.8 Å². The fourth-order valence-electron chi connectivity index (χ4n) is 3.57. The Hall–Kier alpha value is -1.81. The van der Waals surface area contributed by atoms with Crippen LogP contribution in [-0.2, 0) is 16.6 Å². The van der Waals surface area contributed by atoms with E-state index in [0.29, 0.717) is 36.2 Å². The number of nitrogens with zero attached hydrogens (tertiary/aromatic N) is 4. The van der Waals surface area contributed by atoms with Gasteiger partial charge in [0.2, 0.25) is 10.0 Å². The van der Waals surface area contributed by atoms with Gasteiger partial charge in [-0.05, 0) is 51.8 Å². The fourth-order valence-corrected chi connectivity index (χ4v) is 5.47. The smallest absolute Gasteiger partial charge is 0.255 e. The number of carbonyl (C=O) groups is 1. The largest absolute Gasteiger partial charge is 0.336 e. The monoisotopic (exact) mass is 494 g/mol. The Balaban J connectivity index is 1.71. The van der Waals surface area contributed by atoms with E-state index in [0.717, 1.165) is 19.6 Å². The Kier molecular flexibility index (Phi) is 7.62. The van der Waals surface area contributed by atoms with E-state index in [9.17, 15) is 13.2 Å². The van der Waals surface area contributed by atoms with E-state index in [1.165, 1.54) is 15.9 Å². The molecule has 0 saturated carbocycles. The molecular weight excluding hydrogens is 468 g/mol. The van der Waals surface area contributed by atoms with Crippen LogP contribution in [0.4, 0.5) is 0 Å². The van der Waals surface area contributed by atoms with Crippen molar-refractivity contribution >= 4 is 31.9 Å². The van der Waals surface area contributed by atoms with Gasteiger partial charge in [0.05, 0.1) is 10.5 Å². The predicted octanol–water partition coefficient (Wildman–Crippen LogP) is 2.83. The third-order valence-electron chi connectivity index (χ3n) is 5.33. The minimum atomic E-state index is -3.62. The Morgan fingerprint density at radius 1 is 1.07 bits per heavy atom. The maximum atomic E-state index is 13.1. The normalized spacial score (nSPS) is 15.5. The van der Waals surface area contributed by atoms with Crippen molar-refractivity contribution in [3.63, 3.8) is 0 Å². The average Bonchev–Trinajstić information content (AvgIpc) is 2.75. The maximum absolute atomic E-state index is 13.1. The summed E-state index contributed by atoms with van der Waals surface area (Å²) in [4.78, 5) is 21.4. The number of benzene rings is 1. The number of sulfonamides is 1. The van der Waals surface area contributed by atoms with Gasteiger partial charge in [0, 0.05) is 62.7 Å². The van der Waals surface area contributed by atoms with Gasteiger partial charge in [-0.2, -0.15) is 4.31 Å². The number of piperazine rings is 1. The van der Waals surface area contributed by atoms with Gasteiger partial charge in [-0.3, -0.25) is 14.7 Å². The molecule has 1 aromatic heterocycles. The lowest BCUT2D eigenvalue weighted by molar-refractivity contribution is 0.0627. The zero-order valence-electron chi connectivity index (χ0n) is 17.3. The van der Waals surface area contributed by atoms with E-state index >= 15 is 0 Å². The molecule has 3 rings (SSSR count). The first-order valence-corrected chi connectivity index (χ1v) is 12.3. The van der Waals surface area contributed by atoms with Crippen molar-refractivity contribution in [2.45, 2.75) is 25.3 Å². The van der Waals surface area contributed by atoms with Gasteiger partial charge in [-0.15, -0.1) is 0 Å². The van der Waals surface area contributed by atoms with E-state index in [1.54, 1.807) is 43.3 Å². The quantitative estimate of drug-likeness (QED) is 0.591. The highest BCUT2D eigenvalue weighted by atomic mass is 79.9. The minimum Gasteiger partial charge on any atom is -0.336 e. The standard InChI is InChI=1S/C21H27BrN4O3S/c1-3-26(4-2)30(28,29)18-5-6-20(22)19(15-18)21(27)25-13-11-24(12-14-25)16-17-7-9-23-10-8-17/h5-10,15H,3-4,11-14,16H2,1-2H3. The number of amides is 1. The average molecular weight is 495 g/mol. The molecule has 0 atom stereocenters. The first-order valence-electron chi connectivity index (χ1n) is 10.1. The topological polar surface area (TPSA) is 73.8 Å². The van der Waals surface area contributed by atoms with E-state index < -0.39 is 10.0 Å². The van der Waals surface area contributed by atoms with Crippen LogP contribution < -0.4 is 0 Å². The SMILES string of the molecule is CCN(CC)S(=O)(=O)c1ccc(Br)c(C(=O)N2CCN(Cc3ccncc3)CC2)c1. The summed E-state index contributed by atoms with van der Waals surface area (Å²) in [7, 11) is -3.62. The molecule has 0 N–H and O–H groups in total. The Bertz CT molecular complexity index is 973. The molecule has 7 nitrogen and oxygen atoms in total. The predicted molar refractivity (Wildman–Crippen MR) is 120 cm³/mol. The van der Waals surface area contributed by atoms with E-state index in [1.807, 2.05) is 12.1 Å². The zero-order valence-corrected chi connectivity index (χ0v) is 19.7. The number of aromatic nitrogens is 1. The van der Waals surface area contributed by atoms with Crippen LogP contribution in [0.3, 0.4) is 0 Å². The molecule has 2 heterocycles. The lowest BCUT2D eigenvalue weighted by atomic mass is 10.1. The summed E-state index contributed by atoms with van der Waals surface area (Å²) in [6.45, 7) is 7.94. The van der Waals surface area contributed by atoms with Crippen molar-refractivity contribution in [2.24, 2.45) is 0 Å². The molecule has 1 aliphatic rings. The van der Waals surface area contributed by atoms with Gasteiger partial charge >= 0.3 is 0 Å². The third kappa shape index (κ3) is 5.08. The van der Waals surface area contributed by atoms with E-state index in [-0.39, 0.29) is 10.8 Å². The van der Waals surface area contributed by atoms with E-state index in [4.69, 9.17) is 0 Å². The number of carbonyl (C=O) groups excluding carboxylic acids is 1. The molecule has 1 aliphatic heterocycles. The van der Waals surface area contributed by atoms with Crippen molar-refractivity contribution in [3.8, 4) is 0 Å². The molecule has 0 bridgehead atoms. The molecule has 0 spiro atoms. The highest BCUT2D eigenvalue weighted by Gasteiger charge is 2.27. The summed E-state index contributed by atoms with van der Waals surface area (Å²) in [5.41, 5.74) is 1.58. The van der Waals surface area contributed by atoms with Crippen molar-refractivity contribution in [1.82, 2.24) is 19.1 Å². The van der Waals surface area contributed by atoms with Crippen LogP contribution in [0.15, 0.2) is 52.1 Å². The fraction of sp³-hybridized carbons (Fsp3) is 0.429. The lowest BCUT2D eigenvalue weighted by Gasteiger charge is -2.35. The molecular formula is C21H27BrN4O3S. The van der Waals surface area contributed by atoms with Crippen LogP contribution >= 0.6 is 15.9 Å². The van der Waals surface area contributed by atoms with Crippen LogP contribution in [0.5, 0.6) is 0 Å². The molecule has 162 valence electrons. The Labute approximate surface area is 186 Å². The summed E-state index contributed by atoms with van der Waals surface area (Å²) in [5.74, 6) is -0.151. The molecule has 0 radical (unpaired) electrons. The summed E-state index contributed by atoms with van der Waals surface area (Å²) in [6.07, 6.45) is 3.57. The first-order chi connectivity index (χ1) is 14.4. The van der Waals surface area contributed by atoms with Crippen LogP contribution in [0, 0.1) is 0 Å². The van der Waals surface area contributed by atoms with E-state index in [2.05, 4.69) is 25.8 Å². The van der Waals surface area contributed by atoms with Gasteiger partial charge in [0.25, 0.3) is 5.91 Å². The number of halogens is 1. The second-order valence-corrected chi connectivity index (χ2v) is 9.95. The number of hydrogen-bond acceptors (Lipinski definition) is 5. The van der Waals surface area contributed by atoms with Gasteiger partial charge in [0.1, 0.15) is 0 Å². The van der Waals surface area contributed by atoms with Crippen LogP contribution in [-0.4, -0.2) is 72.7 Å². The molecule has 1 amide bonds. The summed E-state index contributed by atoms with van der Waals surface area (Å²) in [5, 5.41) is 0. The van der Waals surface area contributed by atoms with Gasteiger partial charge < -0.3 is 4.90 Å². The highest BCUT2D eigenvalue weighted by Crippen LogP contribution is 2.25. The van der Waals surface area contributed by atoms with Gasteiger partial charge in [-0.1, -0.05) is 13.8 Å². The molecule has 1 saturated heterocycles. The highest BCUT2D eigenvalue weighted by molar-refractivity contribution is 9.10. The van der Waals surface area contributed by atoms with Crippen LogP contribution in [0.25, 0.3) is 0 Å². The van der Waals surface area contributed by atoms with Crippen molar-refractivity contribution < 1.29 is 13.2 Å². The number of rotatable bonds is 7. The molecule has 30 heavy (non-hydrogen) atoms. The summed E-state index contributed by atoms with van der Waals surface area (Å²) in [6, 6.07) is 8.67. The molecule has 9 heteroatoms. The summed E-state index contributed by atoms with van der Waals surface area (Å²) >= 11 is 3.42. The molecule has 2 aromatic rings. The van der Waals surface area contributed by atoms with Crippen molar-refractivity contribution in [2.75, 3.05) is 39.3 Å². The Morgan fingerprint density at radius 3 is 2.30 bits per heavy atom. The van der Waals surface area contributed by atoms with Crippen LogP contribution in [0.2, 0.25) is 0 Å². The molecule has 1 aromatic carbocycles. The zero-order chi connectivity index (χ0) is 21.7. The second kappa shape index (κ2) is 10.00. The minimum absolute atomic E-state index is 0.147. The van der Waals surface area contributed by atoms with Gasteiger partial charge in [-0.25, -0.2) is 8.42 Å². The van der Waals surface area contributed by atoms with Crippen molar-refractivity contribution in [1.29, 1.82) is 0 Å². The molecule has 0 unspecified atom stereocenters. The Morgan fingerprint density at radius 2 is 1.70 bits per heavy atom. The summed E-state index contributed by atoms with van der Waals surface area (Å²) < 4.78 is 27.7. The molecule has 1 fully saturated rings.